The Morgan fingerprint density at radius 3 is 1.79 bits per heavy atom. The first-order valence-corrected chi connectivity index (χ1v) is 8.68. The molecule has 0 fully saturated rings. The second-order valence-electron chi connectivity index (χ2n) is 5.57. The van der Waals surface area contributed by atoms with Gasteiger partial charge in [-0.2, -0.15) is 0 Å². The molecule has 0 aromatic carbocycles. The molecule has 0 aliphatic heterocycles. The molecule has 0 amide bonds. The van der Waals surface area contributed by atoms with Crippen LogP contribution in [0.25, 0.3) is 0 Å². The van der Waals surface area contributed by atoms with E-state index in [0.717, 1.165) is 6.61 Å². The van der Waals surface area contributed by atoms with Crippen LogP contribution in [0.4, 0.5) is 0 Å². The fourth-order valence-corrected chi connectivity index (χ4v) is 2.21. The van der Waals surface area contributed by atoms with Gasteiger partial charge in [-0.05, 0) is 25.3 Å². The molecule has 0 aliphatic carbocycles. The Bertz CT molecular complexity index is 175. The predicted octanol–water partition coefficient (Wildman–Crippen LogP) is 6.63. The van der Waals surface area contributed by atoms with Crippen LogP contribution in [0.5, 0.6) is 0 Å². The lowest BCUT2D eigenvalue weighted by Crippen LogP contribution is -1.88. The van der Waals surface area contributed by atoms with Crippen molar-refractivity contribution < 1.29 is 4.74 Å². The maximum absolute atomic E-state index is 5.51. The van der Waals surface area contributed by atoms with Gasteiger partial charge in [0.05, 0.1) is 12.9 Å². The molecule has 0 rings (SSSR count). The van der Waals surface area contributed by atoms with Crippen molar-refractivity contribution in [2.75, 3.05) is 6.61 Å². The number of ether oxygens (including phenoxy) is 1. The highest BCUT2D eigenvalue weighted by Gasteiger charge is 1.90. The Labute approximate surface area is 121 Å². The standard InChI is InChI=1S/C18H36O/c1-3-5-7-9-11-13-15-17-19-18-16-14-12-10-8-6-4-2/h15,17H,3-14,16,18H2,1-2H3. The molecule has 0 aliphatic rings. The van der Waals surface area contributed by atoms with Gasteiger partial charge in [-0.1, -0.05) is 78.1 Å². The van der Waals surface area contributed by atoms with E-state index in [2.05, 4.69) is 19.9 Å². The third-order valence-electron chi connectivity index (χ3n) is 3.53. The smallest absolute Gasteiger partial charge is 0.0873 e. The summed E-state index contributed by atoms with van der Waals surface area (Å²) >= 11 is 0. The average Bonchev–Trinajstić information content (AvgIpc) is 2.43. The Morgan fingerprint density at radius 2 is 1.16 bits per heavy atom. The Balaban J connectivity index is 3.00. The van der Waals surface area contributed by atoms with Gasteiger partial charge >= 0.3 is 0 Å². The zero-order valence-electron chi connectivity index (χ0n) is 13.5. The van der Waals surface area contributed by atoms with Gasteiger partial charge in [0.25, 0.3) is 0 Å². The van der Waals surface area contributed by atoms with E-state index in [9.17, 15) is 0 Å². The summed E-state index contributed by atoms with van der Waals surface area (Å²) in [5.41, 5.74) is 0. The summed E-state index contributed by atoms with van der Waals surface area (Å²) in [6.45, 7) is 5.43. The highest BCUT2D eigenvalue weighted by Crippen LogP contribution is 2.07. The average molecular weight is 268 g/mol. The SMILES string of the molecule is CCCCCCCC=COCCCCCCCCC. The van der Waals surface area contributed by atoms with Crippen LogP contribution in [-0.2, 0) is 4.74 Å². The minimum Gasteiger partial charge on any atom is -0.502 e. The Hall–Kier alpha value is -0.460. The van der Waals surface area contributed by atoms with Crippen molar-refractivity contribution in [2.45, 2.75) is 97.3 Å². The van der Waals surface area contributed by atoms with Gasteiger partial charge in [0.1, 0.15) is 0 Å². The summed E-state index contributed by atoms with van der Waals surface area (Å²) in [5.74, 6) is 0. The highest BCUT2D eigenvalue weighted by molar-refractivity contribution is 4.73. The molecule has 0 unspecified atom stereocenters. The van der Waals surface area contributed by atoms with Gasteiger partial charge < -0.3 is 4.74 Å². The number of hydrogen-bond donors (Lipinski definition) is 0. The van der Waals surface area contributed by atoms with E-state index in [4.69, 9.17) is 4.74 Å². The van der Waals surface area contributed by atoms with Crippen molar-refractivity contribution in [3.8, 4) is 0 Å². The maximum atomic E-state index is 5.51. The van der Waals surface area contributed by atoms with E-state index in [-0.39, 0.29) is 0 Å². The number of rotatable bonds is 15. The summed E-state index contributed by atoms with van der Waals surface area (Å²) in [5, 5.41) is 0. The quantitative estimate of drug-likeness (QED) is 0.239. The van der Waals surface area contributed by atoms with E-state index in [0.29, 0.717) is 0 Å². The second-order valence-corrected chi connectivity index (χ2v) is 5.57. The molecule has 19 heavy (non-hydrogen) atoms. The topological polar surface area (TPSA) is 9.23 Å². The first-order chi connectivity index (χ1) is 9.41. The highest BCUT2D eigenvalue weighted by atomic mass is 16.5. The minimum absolute atomic E-state index is 0.903. The van der Waals surface area contributed by atoms with Gasteiger partial charge in [-0.15, -0.1) is 0 Å². The predicted molar refractivity (Wildman–Crippen MR) is 86.5 cm³/mol. The molecular formula is C18H36O. The molecule has 0 saturated heterocycles. The van der Waals surface area contributed by atoms with Crippen molar-refractivity contribution >= 4 is 0 Å². The Morgan fingerprint density at radius 1 is 0.632 bits per heavy atom. The molecule has 0 radical (unpaired) electrons. The molecule has 0 atom stereocenters. The third-order valence-corrected chi connectivity index (χ3v) is 3.53. The fourth-order valence-electron chi connectivity index (χ4n) is 2.21. The van der Waals surface area contributed by atoms with Crippen LogP contribution < -0.4 is 0 Å². The molecule has 114 valence electrons. The molecule has 1 heteroatoms. The first kappa shape index (κ1) is 18.5. The molecule has 0 aromatic rings. The molecule has 0 N–H and O–H groups in total. The second kappa shape index (κ2) is 17.5. The van der Waals surface area contributed by atoms with Crippen LogP contribution >= 0.6 is 0 Å². The lowest BCUT2D eigenvalue weighted by molar-refractivity contribution is 0.239. The van der Waals surface area contributed by atoms with E-state index < -0.39 is 0 Å². The van der Waals surface area contributed by atoms with Gasteiger partial charge in [0.2, 0.25) is 0 Å². The van der Waals surface area contributed by atoms with E-state index >= 15 is 0 Å². The summed E-state index contributed by atoms with van der Waals surface area (Å²) in [7, 11) is 0. The molecule has 0 bridgehead atoms. The van der Waals surface area contributed by atoms with Crippen molar-refractivity contribution in [2.24, 2.45) is 0 Å². The minimum atomic E-state index is 0.903. The molecule has 0 spiro atoms. The molecule has 0 heterocycles. The van der Waals surface area contributed by atoms with Crippen molar-refractivity contribution in [1.29, 1.82) is 0 Å². The first-order valence-electron chi connectivity index (χ1n) is 8.68. The van der Waals surface area contributed by atoms with Gasteiger partial charge in [0, 0.05) is 0 Å². The van der Waals surface area contributed by atoms with E-state index in [1.54, 1.807) is 0 Å². The van der Waals surface area contributed by atoms with Crippen LogP contribution in [-0.4, -0.2) is 6.61 Å². The summed E-state index contributed by atoms with van der Waals surface area (Å²) in [4.78, 5) is 0. The molecular weight excluding hydrogens is 232 g/mol. The van der Waals surface area contributed by atoms with Crippen LogP contribution in [0.3, 0.4) is 0 Å². The molecule has 0 aromatic heterocycles. The lowest BCUT2D eigenvalue weighted by atomic mass is 10.1. The summed E-state index contributed by atoms with van der Waals surface area (Å²) < 4.78 is 5.51. The third kappa shape index (κ3) is 17.5. The van der Waals surface area contributed by atoms with E-state index in [1.165, 1.54) is 83.5 Å². The Kier molecular flexibility index (Phi) is 17.1. The van der Waals surface area contributed by atoms with Crippen molar-refractivity contribution in [3.63, 3.8) is 0 Å². The summed E-state index contributed by atoms with van der Waals surface area (Å²) in [6, 6.07) is 0. The normalized spacial score (nSPS) is 11.3. The largest absolute Gasteiger partial charge is 0.502 e. The zero-order chi connectivity index (χ0) is 14.0. The van der Waals surface area contributed by atoms with Crippen LogP contribution in [0.15, 0.2) is 12.3 Å². The van der Waals surface area contributed by atoms with Crippen LogP contribution in [0.1, 0.15) is 97.3 Å². The molecule has 0 saturated carbocycles. The fraction of sp³-hybridized carbons (Fsp3) is 0.889. The van der Waals surface area contributed by atoms with Gasteiger partial charge in [-0.3, -0.25) is 0 Å². The summed E-state index contributed by atoms with van der Waals surface area (Å²) in [6.07, 6.45) is 21.6. The zero-order valence-corrected chi connectivity index (χ0v) is 13.5. The number of hydrogen-bond acceptors (Lipinski definition) is 1. The number of allylic oxidation sites excluding steroid dienone is 1. The van der Waals surface area contributed by atoms with E-state index in [1.807, 2.05) is 6.26 Å². The molecule has 1 nitrogen and oxygen atoms in total. The monoisotopic (exact) mass is 268 g/mol. The maximum Gasteiger partial charge on any atom is 0.0873 e. The van der Waals surface area contributed by atoms with Crippen molar-refractivity contribution in [1.82, 2.24) is 0 Å². The van der Waals surface area contributed by atoms with Gasteiger partial charge in [-0.25, -0.2) is 0 Å². The van der Waals surface area contributed by atoms with Crippen LogP contribution in [0.2, 0.25) is 0 Å². The van der Waals surface area contributed by atoms with Gasteiger partial charge in [0.15, 0.2) is 0 Å². The van der Waals surface area contributed by atoms with Crippen molar-refractivity contribution in [3.05, 3.63) is 12.3 Å². The van der Waals surface area contributed by atoms with Crippen LogP contribution in [0, 0.1) is 0 Å². The lowest BCUT2D eigenvalue weighted by Gasteiger charge is -2.01. The number of unbranched alkanes of at least 4 members (excludes halogenated alkanes) is 11.